The Hall–Kier alpha value is -0.990. The van der Waals surface area contributed by atoms with Crippen molar-refractivity contribution in [2.45, 2.75) is 31.7 Å². The third-order valence-corrected chi connectivity index (χ3v) is 5.20. The number of esters is 1. The van der Waals surface area contributed by atoms with Gasteiger partial charge in [-0.25, -0.2) is 12.8 Å². The van der Waals surface area contributed by atoms with Gasteiger partial charge in [0.05, 0.1) is 6.61 Å². The molecule has 0 heterocycles. The largest absolute Gasteiger partial charge is 0.465 e. The van der Waals surface area contributed by atoms with Crippen LogP contribution in [-0.2, 0) is 19.6 Å². The second-order valence-corrected chi connectivity index (χ2v) is 7.30. The van der Waals surface area contributed by atoms with E-state index in [9.17, 15) is 17.6 Å². The predicted octanol–water partition coefficient (Wildman–Crippen LogP) is 2.55. The highest BCUT2D eigenvalue weighted by atomic mass is 79.9. The number of ether oxygens (including phenoxy) is 1. The smallest absolute Gasteiger partial charge is 0.321 e. The maximum Gasteiger partial charge on any atom is 0.321 e. The van der Waals surface area contributed by atoms with E-state index in [4.69, 9.17) is 4.74 Å². The molecule has 5 nitrogen and oxygen atoms in total. The molecule has 0 aliphatic carbocycles. The van der Waals surface area contributed by atoms with Crippen LogP contribution in [0, 0.1) is 5.82 Å². The van der Waals surface area contributed by atoms with E-state index in [1.807, 2.05) is 0 Å². The fourth-order valence-corrected chi connectivity index (χ4v) is 3.65. The Balaban J connectivity index is 3.19. The molecule has 0 aliphatic rings. The zero-order valence-corrected chi connectivity index (χ0v) is 14.4. The topological polar surface area (TPSA) is 63.7 Å². The van der Waals surface area contributed by atoms with E-state index in [2.05, 4.69) is 15.9 Å². The van der Waals surface area contributed by atoms with Gasteiger partial charge >= 0.3 is 5.97 Å². The SMILES string of the molecule is CCOC(=O)CN(C(C)C)S(=O)(=O)c1ccc(Br)cc1F. The minimum Gasteiger partial charge on any atom is -0.465 e. The molecule has 0 aromatic heterocycles. The molecule has 0 fully saturated rings. The van der Waals surface area contributed by atoms with Crippen molar-refractivity contribution in [3.8, 4) is 0 Å². The van der Waals surface area contributed by atoms with Crippen molar-refractivity contribution >= 4 is 31.9 Å². The van der Waals surface area contributed by atoms with Crippen molar-refractivity contribution in [1.82, 2.24) is 4.31 Å². The minimum atomic E-state index is -4.12. The van der Waals surface area contributed by atoms with Crippen LogP contribution in [0.3, 0.4) is 0 Å². The second-order valence-electron chi connectivity index (χ2n) is 4.52. The Kier molecular flexibility index (Phi) is 6.30. The molecule has 0 aliphatic heterocycles. The Morgan fingerprint density at radius 3 is 2.52 bits per heavy atom. The molecule has 21 heavy (non-hydrogen) atoms. The maximum absolute atomic E-state index is 13.9. The lowest BCUT2D eigenvalue weighted by atomic mass is 10.3. The molecule has 1 aromatic carbocycles. The van der Waals surface area contributed by atoms with Gasteiger partial charge in [-0.2, -0.15) is 4.31 Å². The minimum absolute atomic E-state index is 0.150. The fourth-order valence-electron chi connectivity index (χ4n) is 1.69. The number of nitrogens with zero attached hydrogens (tertiary/aromatic N) is 1. The molecule has 118 valence electrons. The van der Waals surface area contributed by atoms with E-state index in [0.29, 0.717) is 4.47 Å². The van der Waals surface area contributed by atoms with Crippen molar-refractivity contribution in [1.29, 1.82) is 0 Å². The van der Waals surface area contributed by atoms with Gasteiger partial charge in [0.2, 0.25) is 10.0 Å². The van der Waals surface area contributed by atoms with Crippen molar-refractivity contribution in [2.75, 3.05) is 13.2 Å². The number of rotatable bonds is 6. The monoisotopic (exact) mass is 381 g/mol. The first-order valence-corrected chi connectivity index (χ1v) is 8.56. The number of sulfonamides is 1. The molecule has 0 saturated carbocycles. The quantitative estimate of drug-likeness (QED) is 0.710. The van der Waals surface area contributed by atoms with E-state index in [0.717, 1.165) is 16.4 Å². The van der Waals surface area contributed by atoms with E-state index >= 15 is 0 Å². The van der Waals surface area contributed by atoms with Gasteiger partial charge in [-0.3, -0.25) is 4.79 Å². The van der Waals surface area contributed by atoms with Crippen LogP contribution in [-0.4, -0.2) is 37.9 Å². The van der Waals surface area contributed by atoms with Gasteiger partial charge in [-0.05, 0) is 39.0 Å². The number of carbonyl (C=O) groups is 1. The van der Waals surface area contributed by atoms with Gasteiger partial charge in [0.15, 0.2) is 0 Å². The number of hydrogen-bond acceptors (Lipinski definition) is 4. The van der Waals surface area contributed by atoms with Crippen LogP contribution in [0.5, 0.6) is 0 Å². The number of hydrogen-bond donors (Lipinski definition) is 0. The van der Waals surface area contributed by atoms with E-state index in [1.54, 1.807) is 20.8 Å². The average Bonchev–Trinajstić information content (AvgIpc) is 2.35. The van der Waals surface area contributed by atoms with Gasteiger partial charge < -0.3 is 4.74 Å². The first kappa shape index (κ1) is 18.1. The summed E-state index contributed by atoms with van der Waals surface area (Å²) in [6.45, 7) is 4.53. The summed E-state index contributed by atoms with van der Waals surface area (Å²) >= 11 is 3.07. The van der Waals surface area contributed by atoms with Gasteiger partial charge in [0.25, 0.3) is 0 Å². The van der Waals surface area contributed by atoms with E-state index in [-0.39, 0.29) is 6.61 Å². The van der Waals surface area contributed by atoms with Crippen molar-refractivity contribution in [3.05, 3.63) is 28.5 Å². The lowest BCUT2D eigenvalue weighted by Crippen LogP contribution is -2.41. The second kappa shape index (κ2) is 7.33. The molecule has 0 atom stereocenters. The highest BCUT2D eigenvalue weighted by Gasteiger charge is 2.31. The molecular weight excluding hydrogens is 365 g/mol. The Morgan fingerprint density at radius 1 is 1.43 bits per heavy atom. The summed E-state index contributed by atoms with van der Waals surface area (Å²) in [5, 5.41) is 0. The molecule has 0 N–H and O–H groups in total. The maximum atomic E-state index is 13.9. The normalized spacial score (nSPS) is 12.0. The van der Waals surface area contributed by atoms with Crippen LogP contribution in [0.2, 0.25) is 0 Å². The standard InChI is InChI=1S/C13H17BrFNO4S/c1-4-20-13(17)8-16(9(2)3)21(18,19)12-6-5-10(14)7-11(12)15/h5-7,9H,4,8H2,1-3H3. The molecule has 0 spiro atoms. The number of carbonyl (C=O) groups excluding carboxylic acids is 1. The highest BCUT2D eigenvalue weighted by molar-refractivity contribution is 9.10. The van der Waals surface area contributed by atoms with Crippen LogP contribution in [0.1, 0.15) is 20.8 Å². The molecular formula is C13H17BrFNO4S. The summed E-state index contributed by atoms with van der Waals surface area (Å²) in [5.41, 5.74) is 0. The third kappa shape index (κ3) is 4.49. The molecule has 8 heteroatoms. The van der Waals surface area contributed by atoms with Crippen molar-refractivity contribution < 1.29 is 22.3 Å². The summed E-state index contributed by atoms with van der Waals surface area (Å²) < 4.78 is 45.0. The summed E-state index contributed by atoms with van der Waals surface area (Å²) in [6, 6.07) is 3.15. The van der Waals surface area contributed by atoms with Gasteiger partial charge in [0, 0.05) is 10.5 Å². The predicted molar refractivity (Wildman–Crippen MR) is 79.8 cm³/mol. The van der Waals surface area contributed by atoms with E-state index < -0.39 is 39.3 Å². The summed E-state index contributed by atoms with van der Waals surface area (Å²) in [6.07, 6.45) is 0. The zero-order chi connectivity index (χ0) is 16.2. The van der Waals surface area contributed by atoms with E-state index in [1.165, 1.54) is 6.07 Å². The lowest BCUT2D eigenvalue weighted by molar-refractivity contribution is -0.143. The van der Waals surface area contributed by atoms with Crippen molar-refractivity contribution in [2.24, 2.45) is 0 Å². The summed E-state index contributed by atoms with van der Waals surface area (Å²) in [7, 11) is -4.12. The van der Waals surface area contributed by atoms with Gasteiger partial charge in [-0.1, -0.05) is 15.9 Å². The molecule has 0 amide bonds. The van der Waals surface area contributed by atoms with Gasteiger partial charge in [-0.15, -0.1) is 0 Å². The Morgan fingerprint density at radius 2 is 2.05 bits per heavy atom. The van der Waals surface area contributed by atoms with Crippen LogP contribution < -0.4 is 0 Å². The van der Waals surface area contributed by atoms with Crippen LogP contribution >= 0.6 is 15.9 Å². The Labute approximate surface area is 132 Å². The number of halogens is 2. The summed E-state index contributed by atoms with van der Waals surface area (Å²) in [5.74, 6) is -1.55. The summed E-state index contributed by atoms with van der Waals surface area (Å²) in [4.78, 5) is 11.1. The fraction of sp³-hybridized carbons (Fsp3) is 0.462. The van der Waals surface area contributed by atoms with Crippen LogP contribution in [0.4, 0.5) is 4.39 Å². The molecule has 1 aromatic rings. The first-order valence-electron chi connectivity index (χ1n) is 6.32. The van der Waals surface area contributed by atoms with Crippen molar-refractivity contribution in [3.63, 3.8) is 0 Å². The van der Waals surface area contributed by atoms with Crippen LogP contribution in [0.25, 0.3) is 0 Å². The zero-order valence-electron chi connectivity index (χ0n) is 12.0. The molecule has 0 unspecified atom stereocenters. The first-order chi connectivity index (χ1) is 9.70. The van der Waals surface area contributed by atoms with Crippen LogP contribution in [0.15, 0.2) is 27.6 Å². The molecule has 0 radical (unpaired) electrons. The molecule has 0 bridgehead atoms. The van der Waals surface area contributed by atoms with Gasteiger partial charge in [0.1, 0.15) is 17.3 Å². The third-order valence-electron chi connectivity index (χ3n) is 2.65. The number of benzene rings is 1. The molecule has 1 rings (SSSR count). The highest BCUT2D eigenvalue weighted by Crippen LogP contribution is 2.24. The molecule has 0 saturated heterocycles. The Bertz CT molecular complexity index is 619. The average molecular weight is 382 g/mol. The lowest BCUT2D eigenvalue weighted by Gasteiger charge is -2.25.